The number of likely N-dealkylation sites (tertiary alicyclic amines) is 2. The van der Waals surface area contributed by atoms with Crippen LogP contribution in [-0.2, 0) is 4.74 Å². The Balaban J connectivity index is 1.44. The average Bonchev–Trinajstić information content (AvgIpc) is 3.39. The van der Waals surface area contributed by atoms with Crippen molar-refractivity contribution >= 4 is 17.2 Å². The number of nitrogens with two attached hydrogens (primary N) is 1. The topological polar surface area (TPSA) is 58.8 Å². The number of benzene rings is 1. The summed E-state index contributed by atoms with van der Waals surface area (Å²) >= 11 is 1.45. The number of rotatable bonds is 6. The summed E-state index contributed by atoms with van der Waals surface area (Å²) in [5, 5.41) is 0. The molecule has 1 aromatic carbocycles. The van der Waals surface area contributed by atoms with Crippen LogP contribution < -0.4 is 5.73 Å². The zero-order chi connectivity index (χ0) is 23.8. The Morgan fingerprint density at radius 1 is 1.21 bits per heavy atom. The van der Waals surface area contributed by atoms with Gasteiger partial charge in [-0.2, -0.15) is 0 Å². The number of carbonyl (C=O) groups is 1. The van der Waals surface area contributed by atoms with Crippen molar-refractivity contribution < 1.29 is 13.9 Å². The Labute approximate surface area is 200 Å². The Kier molecular flexibility index (Phi) is 7.24. The van der Waals surface area contributed by atoms with Crippen molar-refractivity contribution in [3.05, 3.63) is 46.1 Å². The van der Waals surface area contributed by atoms with Crippen molar-refractivity contribution in [1.29, 1.82) is 0 Å². The molecule has 0 radical (unpaired) electrons. The highest BCUT2D eigenvalue weighted by atomic mass is 32.1. The molecular weight excluding hydrogens is 437 g/mol. The van der Waals surface area contributed by atoms with Crippen LogP contribution in [0.3, 0.4) is 0 Å². The minimum atomic E-state index is -0.167. The number of halogens is 1. The van der Waals surface area contributed by atoms with Crippen LogP contribution in [0, 0.1) is 12.7 Å². The highest BCUT2D eigenvalue weighted by molar-refractivity contribution is 7.17. The predicted octanol–water partition coefficient (Wildman–Crippen LogP) is 4.64. The van der Waals surface area contributed by atoms with Gasteiger partial charge in [-0.25, -0.2) is 4.39 Å². The summed E-state index contributed by atoms with van der Waals surface area (Å²) in [7, 11) is 1.75. The number of ether oxygens (including phenoxy) is 1. The standard InChI is InChI=1S/C26H36FN3O2S/c1-17-13-23(33-24(17)25(31)30-12-9-20(28)15-30)19-5-6-21(22(27)14-19)18-7-10-29(11-8-18)16-26(2,3)32-4/h5-6,13-14,18,20H,7-12,15-16,28H2,1-4H3/t20-/m0/s1. The summed E-state index contributed by atoms with van der Waals surface area (Å²) in [6.45, 7) is 10.3. The van der Waals surface area contributed by atoms with Gasteiger partial charge < -0.3 is 20.3 Å². The van der Waals surface area contributed by atoms with Gasteiger partial charge in [0.15, 0.2) is 0 Å². The third kappa shape index (κ3) is 5.48. The fourth-order valence-electron chi connectivity index (χ4n) is 4.97. The number of piperidine rings is 1. The zero-order valence-electron chi connectivity index (χ0n) is 20.2. The van der Waals surface area contributed by atoms with Gasteiger partial charge in [-0.3, -0.25) is 4.79 Å². The highest BCUT2D eigenvalue weighted by Crippen LogP contribution is 2.36. The summed E-state index contributed by atoms with van der Waals surface area (Å²) in [6.07, 6.45) is 2.74. The zero-order valence-corrected chi connectivity index (χ0v) is 21.0. The van der Waals surface area contributed by atoms with Crippen LogP contribution in [0.1, 0.15) is 59.8 Å². The van der Waals surface area contributed by atoms with E-state index >= 15 is 4.39 Å². The molecule has 3 heterocycles. The van der Waals surface area contributed by atoms with Gasteiger partial charge in [0.25, 0.3) is 5.91 Å². The molecule has 2 aliphatic rings. The maximum atomic E-state index is 15.2. The largest absolute Gasteiger partial charge is 0.377 e. The monoisotopic (exact) mass is 473 g/mol. The lowest BCUT2D eigenvalue weighted by Crippen LogP contribution is -2.43. The number of carbonyl (C=O) groups excluding carboxylic acids is 1. The van der Waals surface area contributed by atoms with E-state index in [4.69, 9.17) is 10.5 Å². The molecule has 0 spiro atoms. The van der Waals surface area contributed by atoms with E-state index in [0.717, 1.165) is 65.3 Å². The van der Waals surface area contributed by atoms with Gasteiger partial charge in [0.05, 0.1) is 10.5 Å². The van der Waals surface area contributed by atoms with Crippen LogP contribution in [0.5, 0.6) is 0 Å². The van der Waals surface area contributed by atoms with Gasteiger partial charge >= 0.3 is 0 Å². The molecule has 2 aromatic rings. The van der Waals surface area contributed by atoms with E-state index in [9.17, 15) is 4.79 Å². The van der Waals surface area contributed by atoms with Crippen LogP contribution in [-0.4, -0.2) is 67.2 Å². The van der Waals surface area contributed by atoms with Gasteiger partial charge in [-0.1, -0.05) is 12.1 Å². The van der Waals surface area contributed by atoms with E-state index in [1.807, 2.05) is 30.0 Å². The Bertz CT molecular complexity index is 997. The average molecular weight is 474 g/mol. The molecule has 2 saturated heterocycles. The lowest BCUT2D eigenvalue weighted by Gasteiger charge is -2.37. The number of hydrogen-bond donors (Lipinski definition) is 1. The molecule has 0 bridgehead atoms. The quantitative estimate of drug-likeness (QED) is 0.664. The Morgan fingerprint density at radius 2 is 1.94 bits per heavy atom. The van der Waals surface area contributed by atoms with Gasteiger partial charge in [0, 0.05) is 37.7 Å². The Hall–Kier alpha value is -1.80. The van der Waals surface area contributed by atoms with Gasteiger partial charge in [-0.15, -0.1) is 11.3 Å². The van der Waals surface area contributed by atoms with Crippen LogP contribution in [0.2, 0.25) is 0 Å². The second-order valence-corrected chi connectivity index (χ2v) is 11.2. The molecule has 1 amide bonds. The maximum Gasteiger partial charge on any atom is 0.264 e. The first-order valence-electron chi connectivity index (χ1n) is 11.9. The van der Waals surface area contributed by atoms with Crippen molar-refractivity contribution in [2.24, 2.45) is 5.73 Å². The molecule has 0 unspecified atom stereocenters. The summed E-state index contributed by atoms with van der Waals surface area (Å²) in [5.41, 5.74) is 8.38. The van der Waals surface area contributed by atoms with Crippen LogP contribution in [0.25, 0.3) is 10.4 Å². The summed E-state index contributed by atoms with van der Waals surface area (Å²) in [4.78, 5) is 18.8. The minimum Gasteiger partial charge on any atom is -0.377 e. The lowest BCUT2D eigenvalue weighted by molar-refractivity contribution is -0.0125. The first-order chi connectivity index (χ1) is 15.7. The second kappa shape index (κ2) is 9.82. The van der Waals surface area contributed by atoms with E-state index in [-0.39, 0.29) is 29.3 Å². The molecule has 2 N–H and O–H groups in total. The molecule has 0 aliphatic carbocycles. The van der Waals surface area contributed by atoms with Crippen LogP contribution in [0.4, 0.5) is 4.39 Å². The van der Waals surface area contributed by atoms with Crippen LogP contribution in [0.15, 0.2) is 24.3 Å². The van der Waals surface area contributed by atoms with E-state index < -0.39 is 0 Å². The van der Waals surface area contributed by atoms with Gasteiger partial charge in [0.1, 0.15) is 5.82 Å². The van der Waals surface area contributed by atoms with E-state index in [0.29, 0.717) is 13.1 Å². The van der Waals surface area contributed by atoms with E-state index in [1.54, 1.807) is 13.2 Å². The van der Waals surface area contributed by atoms with E-state index in [1.165, 1.54) is 11.3 Å². The molecule has 0 saturated carbocycles. The lowest BCUT2D eigenvalue weighted by atomic mass is 9.88. The third-order valence-electron chi connectivity index (χ3n) is 7.09. The number of aryl methyl sites for hydroxylation is 1. The molecule has 1 aromatic heterocycles. The number of hydrogen-bond acceptors (Lipinski definition) is 5. The molecule has 1 atom stereocenters. The predicted molar refractivity (Wildman–Crippen MR) is 132 cm³/mol. The molecular formula is C26H36FN3O2S. The van der Waals surface area contributed by atoms with E-state index in [2.05, 4.69) is 18.7 Å². The van der Waals surface area contributed by atoms with Gasteiger partial charge in [-0.05, 0) is 87.9 Å². The summed E-state index contributed by atoms with van der Waals surface area (Å²) in [5.74, 6) is 0.132. The SMILES string of the molecule is COC(C)(C)CN1CCC(c2ccc(-c3cc(C)c(C(=O)N4CC[C@H](N)C4)s3)cc2F)CC1. The van der Waals surface area contributed by atoms with Crippen molar-refractivity contribution in [3.8, 4) is 10.4 Å². The molecule has 2 fully saturated rings. The highest BCUT2D eigenvalue weighted by Gasteiger charge is 2.29. The van der Waals surface area contributed by atoms with Gasteiger partial charge in [0.2, 0.25) is 0 Å². The van der Waals surface area contributed by atoms with Crippen molar-refractivity contribution in [1.82, 2.24) is 9.80 Å². The number of nitrogens with zero attached hydrogens (tertiary/aromatic N) is 2. The molecule has 4 rings (SSSR count). The first kappa shape index (κ1) is 24.3. The minimum absolute atomic E-state index is 0.0391. The molecule has 5 nitrogen and oxygen atoms in total. The molecule has 7 heteroatoms. The third-order valence-corrected chi connectivity index (χ3v) is 8.37. The first-order valence-corrected chi connectivity index (χ1v) is 12.7. The smallest absolute Gasteiger partial charge is 0.264 e. The van der Waals surface area contributed by atoms with Crippen molar-refractivity contribution in [2.75, 3.05) is 39.8 Å². The Morgan fingerprint density at radius 3 is 2.55 bits per heavy atom. The fraction of sp³-hybridized carbons (Fsp3) is 0.577. The second-order valence-electron chi connectivity index (χ2n) is 10.2. The molecule has 33 heavy (non-hydrogen) atoms. The molecule has 2 aliphatic heterocycles. The summed E-state index contributed by atoms with van der Waals surface area (Å²) < 4.78 is 20.7. The molecule has 180 valence electrons. The number of methoxy groups -OCH3 is 1. The fourth-order valence-corrected chi connectivity index (χ4v) is 6.11. The summed E-state index contributed by atoms with van der Waals surface area (Å²) in [6, 6.07) is 7.65. The van der Waals surface area contributed by atoms with Crippen molar-refractivity contribution in [3.63, 3.8) is 0 Å². The normalized spacial score (nSPS) is 20.5. The maximum absolute atomic E-state index is 15.2. The van der Waals surface area contributed by atoms with Crippen molar-refractivity contribution in [2.45, 2.75) is 57.6 Å². The number of thiophene rings is 1. The number of amides is 1. The van der Waals surface area contributed by atoms with Crippen LogP contribution >= 0.6 is 11.3 Å².